The molecule has 1 aliphatic carbocycles. The second-order valence-electron chi connectivity index (χ2n) is 6.02. The molecule has 0 bridgehead atoms. The molecule has 1 atom stereocenters. The molecule has 0 saturated carbocycles. The number of carbonyl (C=O) groups excluding carboxylic acids is 1. The van der Waals surface area contributed by atoms with Gasteiger partial charge in [-0.1, -0.05) is 36.4 Å². The van der Waals surface area contributed by atoms with Gasteiger partial charge in [0.25, 0.3) is 5.91 Å². The summed E-state index contributed by atoms with van der Waals surface area (Å²) in [5.74, 6) is 0.627. The van der Waals surface area contributed by atoms with Crippen LogP contribution in [-0.2, 0) is 6.54 Å². The van der Waals surface area contributed by atoms with E-state index in [9.17, 15) is 4.79 Å². The van der Waals surface area contributed by atoms with Crippen molar-refractivity contribution in [2.75, 3.05) is 6.54 Å². The average Bonchev–Trinajstić information content (AvgIpc) is 2.63. The molecular formula is C20H22N2O. The summed E-state index contributed by atoms with van der Waals surface area (Å²) in [5, 5.41) is 0. The summed E-state index contributed by atoms with van der Waals surface area (Å²) in [7, 11) is 0. The van der Waals surface area contributed by atoms with Gasteiger partial charge < -0.3 is 4.90 Å². The SMILES string of the molecule is O=C(c1ccccc1)N(Cc1ccccn1)C[C@H]1CC=CCC1. The predicted molar refractivity (Wildman–Crippen MR) is 91.9 cm³/mol. The lowest BCUT2D eigenvalue weighted by molar-refractivity contribution is 0.0708. The Morgan fingerprint density at radius 3 is 2.61 bits per heavy atom. The van der Waals surface area contributed by atoms with Crippen molar-refractivity contribution in [2.24, 2.45) is 5.92 Å². The molecule has 2 aromatic rings. The molecule has 0 radical (unpaired) electrons. The Hall–Kier alpha value is -2.42. The minimum absolute atomic E-state index is 0.0887. The topological polar surface area (TPSA) is 33.2 Å². The molecule has 1 aliphatic rings. The van der Waals surface area contributed by atoms with Crippen LogP contribution in [0.1, 0.15) is 35.3 Å². The van der Waals surface area contributed by atoms with Crippen molar-refractivity contribution in [1.29, 1.82) is 0 Å². The van der Waals surface area contributed by atoms with Crippen LogP contribution < -0.4 is 0 Å². The maximum absolute atomic E-state index is 12.9. The fourth-order valence-electron chi connectivity index (χ4n) is 3.00. The zero-order valence-corrected chi connectivity index (χ0v) is 13.3. The fourth-order valence-corrected chi connectivity index (χ4v) is 3.00. The largest absolute Gasteiger partial charge is 0.332 e. The first-order chi connectivity index (χ1) is 11.3. The van der Waals surface area contributed by atoms with Crippen LogP contribution in [-0.4, -0.2) is 22.3 Å². The van der Waals surface area contributed by atoms with Gasteiger partial charge in [-0.2, -0.15) is 0 Å². The summed E-state index contributed by atoms with van der Waals surface area (Å²) in [6, 6.07) is 15.4. The molecule has 3 heteroatoms. The summed E-state index contributed by atoms with van der Waals surface area (Å²) >= 11 is 0. The number of carbonyl (C=O) groups is 1. The number of pyridine rings is 1. The summed E-state index contributed by atoms with van der Waals surface area (Å²) < 4.78 is 0. The van der Waals surface area contributed by atoms with E-state index in [2.05, 4.69) is 17.1 Å². The minimum atomic E-state index is 0.0887. The van der Waals surface area contributed by atoms with E-state index < -0.39 is 0 Å². The lowest BCUT2D eigenvalue weighted by atomic mass is 9.93. The molecule has 1 heterocycles. The van der Waals surface area contributed by atoms with Crippen LogP contribution in [0.4, 0.5) is 0 Å². The summed E-state index contributed by atoms with van der Waals surface area (Å²) in [4.78, 5) is 19.2. The monoisotopic (exact) mass is 306 g/mol. The molecule has 23 heavy (non-hydrogen) atoms. The molecule has 1 aromatic carbocycles. The summed E-state index contributed by atoms with van der Waals surface area (Å²) in [6.45, 7) is 1.35. The van der Waals surface area contributed by atoms with E-state index >= 15 is 0 Å². The van der Waals surface area contributed by atoms with Crippen LogP contribution in [0.2, 0.25) is 0 Å². The van der Waals surface area contributed by atoms with E-state index in [-0.39, 0.29) is 5.91 Å². The van der Waals surface area contributed by atoms with Gasteiger partial charge in [0.05, 0.1) is 12.2 Å². The molecule has 118 valence electrons. The van der Waals surface area contributed by atoms with Gasteiger partial charge in [-0.15, -0.1) is 0 Å². The van der Waals surface area contributed by atoms with Gasteiger partial charge in [0.1, 0.15) is 0 Å². The molecule has 1 aromatic heterocycles. The van der Waals surface area contributed by atoms with Crippen LogP contribution in [0.15, 0.2) is 66.9 Å². The molecule has 0 aliphatic heterocycles. The van der Waals surface area contributed by atoms with Crippen molar-refractivity contribution in [3.63, 3.8) is 0 Å². The number of amides is 1. The van der Waals surface area contributed by atoms with Gasteiger partial charge >= 0.3 is 0 Å². The highest BCUT2D eigenvalue weighted by Crippen LogP contribution is 2.21. The maximum atomic E-state index is 12.9. The number of aromatic nitrogens is 1. The fraction of sp³-hybridized carbons (Fsp3) is 0.300. The Labute approximate surface area is 137 Å². The quantitative estimate of drug-likeness (QED) is 0.780. The van der Waals surface area contributed by atoms with Crippen LogP contribution in [0, 0.1) is 5.92 Å². The van der Waals surface area contributed by atoms with Gasteiger partial charge in [-0.25, -0.2) is 0 Å². The van der Waals surface area contributed by atoms with Crippen molar-refractivity contribution < 1.29 is 4.79 Å². The third-order valence-electron chi connectivity index (χ3n) is 4.24. The van der Waals surface area contributed by atoms with E-state index in [0.717, 1.165) is 37.1 Å². The highest BCUT2D eigenvalue weighted by Gasteiger charge is 2.21. The Bertz CT molecular complexity index is 652. The van der Waals surface area contributed by atoms with Crippen molar-refractivity contribution in [3.8, 4) is 0 Å². The number of allylic oxidation sites excluding steroid dienone is 2. The predicted octanol–water partition coefficient (Wildman–Crippen LogP) is 4.08. The lowest BCUT2D eigenvalue weighted by Gasteiger charge is -2.28. The Kier molecular flexibility index (Phi) is 5.20. The maximum Gasteiger partial charge on any atom is 0.254 e. The molecule has 0 fully saturated rings. The van der Waals surface area contributed by atoms with Crippen molar-refractivity contribution >= 4 is 5.91 Å². The van der Waals surface area contributed by atoms with Gasteiger partial charge in [0.2, 0.25) is 0 Å². The van der Waals surface area contributed by atoms with Crippen molar-refractivity contribution in [1.82, 2.24) is 9.88 Å². The second kappa shape index (κ2) is 7.73. The molecule has 3 nitrogen and oxygen atoms in total. The number of nitrogens with zero attached hydrogens (tertiary/aromatic N) is 2. The molecule has 0 spiro atoms. The Balaban J connectivity index is 1.77. The van der Waals surface area contributed by atoms with E-state index in [1.54, 1.807) is 6.20 Å². The smallest absolute Gasteiger partial charge is 0.254 e. The van der Waals surface area contributed by atoms with Gasteiger partial charge in [-0.3, -0.25) is 9.78 Å². The van der Waals surface area contributed by atoms with E-state index in [0.29, 0.717) is 12.5 Å². The standard InChI is InChI=1S/C20H22N2O/c23-20(18-11-5-2-6-12-18)22(15-17-9-3-1-4-10-17)16-19-13-7-8-14-21-19/h1-3,5-8,11-14,17H,4,9-10,15-16H2/t17-/m0/s1. The number of hydrogen-bond donors (Lipinski definition) is 0. The van der Waals surface area contributed by atoms with E-state index in [4.69, 9.17) is 0 Å². The van der Waals surface area contributed by atoms with Crippen molar-refractivity contribution in [2.45, 2.75) is 25.8 Å². The first-order valence-corrected chi connectivity index (χ1v) is 8.22. The minimum Gasteiger partial charge on any atom is -0.332 e. The second-order valence-corrected chi connectivity index (χ2v) is 6.02. The van der Waals surface area contributed by atoms with E-state index in [1.165, 1.54) is 0 Å². The first-order valence-electron chi connectivity index (χ1n) is 8.22. The molecular weight excluding hydrogens is 284 g/mol. The summed E-state index contributed by atoms with van der Waals surface area (Å²) in [6.07, 6.45) is 9.57. The highest BCUT2D eigenvalue weighted by atomic mass is 16.2. The third-order valence-corrected chi connectivity index (χ3v) is 4.24. The molecule has 3 rings (SSSR count). The molecule has 0 N–H and O–H groups in total. The zero-order valence-electron chi connectivity index (χ0n) is 13.3. The van der Waals surface area contributed by atoms with E-state index in [1.807, 2.05) is 53.4 Å². The average molecular weight is 306 g/mol. The van der Waals surface area contributed by atoms with Crippen LogP contribution in [0.3, 0.4) is 0 Å². The number of rotatable bonds is 5. The van der Waals surface area contributed by atoms with Crippen LogP contribution in [0.25, 0.3) is 0 Å². The number of benzene rings is 1. The molecule has 0 saturated heterocycles. The van der Waals surface area contributed by atoms with Gasteiger partial charge in [-0.05, 0) is 49.4 Å². The Morgan fingerprint density at radius 1 is 1.09 bits per heavy atom. The van der Waals surface area contributed by atoms with Gasteiger partial charge in [0.15, 0.2) is 0 Å². The van der Waals surface area contributed by atoms with Crippen molar-refractivity contribution in [3.05, 3.63) is 78.1 Å². The summed E-state index contributed by atoms with van der Waals surface area (Å²) in [5.41, 5.74) is 1.68. The van der Waals surface area contributed by atoms with Crippen LogP contribution >= 0.6 is 0 Å². The third kappa shape index (κ3) is 4.28. The highest BCUT2D eigenvalue weighted by molar-refractivity contribution is 5.94. The van der Waals surface area contributed by atoms with Crippen LogP contribution in [0.5, 0.6) is 0 Å². The zero-order chi connectivity index (χ0) is 15.9. The first kappa shape index (κ1) is 15.5. The molecule has 1 amide bonds. The van der Waals surface area contributed by atoms with Gasteiger partial charge in [0, 0.05) is 18.3 Å². The number of hydrogen-bond acceptors (Lipinski definition) is 2. The lowest BCUT2D eigenvalue weighted by Crippen LogP contribution is -2.35. The molecule has 0 unspecified atom stereocenters. The normalized spacial score (nSPS) is 17.0. The Morgan fingerprint density at radius 2 is 1.91 bits per heavy atom.